The van der Waals surface area contributed by atoms with Gasteiger partial charge >= 0.3 is 0 Å². The SMILES string of the molecule is Cc1cccc(C(CO)(CO)Cc2ccc(F)cc2Cl)c1. The van der Waals surface area contributed by atoms with Gasteiger partial charge in [0.05, 0.1) is 13.2 Å². The van der Waals surface area contributed by atoms with Crippen molar-refractivity contribution in [3.05, 3.63) is 70.0 Å². The third-order valence-electron chi connectivity index (χ3n) is 3.78. The molecule has 112 valence electrons. The predicted molar refractivity (Wildman–Crippen MR) is 82.1 cm³/mol. The molecule has 0 aliphatic heterocycles. The summed E-state index contributed by atoms with van der Waals surface area (Å²) in [5, 5.41) is 20.0. The van der Waals surface area contributed by atoms with Gasteiger partial charge in [-0.05, 0) is 36.6 Å². The summed E-state index contributed by atoms with van der Waals surface area (Å²) in [4.78, 5) is 0. The first-order valence-corrected chi connectivity index (χ1v) is 7.11. The second-order valence-corrected chi connectivity index (χ2v) is 5.79. The van der Waals surface area contributed by atoms with Crippen molar-refractivity contribution < 1.29 is 14.6 Å². The third kappa shape index (κ3) is 3.43. The molecule has 0 saturated heterocycles. The van der Waals surface area contributed by atoms with Crippen LogP contribution in [0.5, 0.6) is 0 Å². The summed E-state index contributed by atoms with van der Waals surface area (Å²) < 4.78 is 13.1. The van der Waals surface area contributed by atoms with E-state index in [4.69, 9.17) is 11.6 Å². The van der Waals surface area contributed by atoms with Gasteiger partial charge in [0.1, 0.15) is 5.82 Å². The Bertz CT molecular complexity index is 624. The molecule has 0 heterocycles. The predicted octanol–water partition coefficient (Wildman–Crippen LogP) is 3.25. The zero-order valence-electron chi connectivity index (χ0n) is 11.8. The van der Waals surface area contributed by atoms with Crippen LogP contribution < -0.4 is 0 Å². The molecule has 0 spiro atoms. The Morgan fingerprint density at radius 3 is 2.38 bits per heavy atom. The molecule has 2 N–H and O–H groups in total. The van der Waals surface area contributed by atoms with Crippen LogP contribution >= 0.6 is 11.6 Å². The highest BCUT2D eigenvalue weighted by atomic mass is 35.5. The standard InChI is InChI=1S/C17H18ClFO2/c1-12-3-2-4-14(7-12)17(10-20,11-21)9-13-5-6-15(19)8-16(13)18/h2-8,20-21H,9-11H2,1H3. The van der Waals surface area contributed by atoms with Crippen LogP contribution in [0.4, 0.5) is 4.39 Å². The molecule has 0 fully saturated rings. The summed E-state index contributed by atoms with van der Waals surface area (Å²) in [7, 11) is 0. The lowest BCUT2D eigenvalue weighted by Crippen LogP contribution is -2.37. The quantitative estimate of drug-likeness (QED) is 0.890. The van der Waals surface area contributed by atoms with E-state index in [-0.39, 0.29) is 13.2 Å². The molecular weight excluding hydrogens is 291 g/mol. The lowest BCUT2D eigenvalue weighted by Gasteiger charge is -2.31. The van der Waals surface area contributed by atoms with Crippen LogP contribution in [0.3, 0.4) is 0 Å². The zero-order valence-corrected chi connectivity index (χ0v) is 12.6. The van der Waals surface area contributed by atoms with Crippen LogP contribution in [0.1, 0.15) is 16.7 Å². The first kappa shape index (κ1) is 16.0. The first-order valence-electron chi connectivity index (χ1n) is 6.73. The van der Waals surface area contributed by atoms with Crippen LogP contribution in [0.2, 0.25) is 5.02 Å². The summed E-state index contributed by atoms with van der Waals surface area (Å²) >= 11 is 6.06. The van der Waals surface area contributed by atoms with E-state index in [2.05, 4.69) is 0 Å². The fraction of sp³-hybridized carbons (Fsp3) is 0.294. The maximum Gasteiger partial charge on any atom is 0.124 e. The van der Waals surface area contributed by atoms with E-state index in [9.17, 15) is 14.6 Å². The number of hydrogen-bond acceptors (Lipinski definition) is 2. The van der Waals surface area contributed by atoms with Crippen molar-refractivity contribution in [2.45, 2.75) is 18.8 Å². The highest BCUT2D eigenvalue weighted by Crippen LogP contribution is 2.31. The lowest BCUT2D eigenvalue weighted by atomic mass is 9.76. The molecule has 2 aromatic rings. The van der Waals surface area contributed by atoms with Crippen molar-refractivity contribution in [3.8, 4) is 0 Å². The molecule has 0 aliphatic rings. The van der Waals surface area contributed by atoms with E-state index < -0.39 is 11.2 Å². The number of aliphatic hydroxyl groups excluding tert-OH is 2. The van der Waals surface area contributed by atoms with E-state index in [1.54, 1.807) is 6.07 Å². The van der Waals surface area contributed by atoms with Gasteiger partial charge in [-0.25, -0.2) is 4.39 Å². The maximum atomic E-state index is 13.1. The summed E-state index contributed by atoms with van der Waals surface area (Å²) in [6, 6.07) is 11.8. The Labute approximate surface area is 128 Å². The van der Waals surface area contributed by atoms with Gasteiger partial charge in [0.25, 0.3) is 0 Å². The number of benzene rings is 2. The molecule has 0 aliphatic carbocycles. The van der Waals surface area contributed by atoms with E-state index >= 15 is 0 Å². The topological polar surface area (TPSA) is 40.5 Å². The Morgan fingerprint density at radius 1 is 1.10 bits per heavy atom. The highest BCUT2D eigenvalue weighted by Gasteiger charge is 2.32. The molecular formula is C17H18ClFO2. The van der Waals surface area contributed by atoms with Crippen LogP contribution in [0.15, 0.2) is 42.5 Å². The van der Waals surface area contributed by atoms with Crippen molar-refractivity contribution >= 4 is 11.6 Å². The second kappa shape index (κ2) is 6.56. The fourth-order valence-electron chi connectivity index (χ4n) is 2.45. The summed E-state index contributed by atoms with van der Waals surface area (Å²) in [6.45, 7) is 1.51. The summed E-state index contributed by atoms with van der Waals surface area (Å²) in [6.07, 6.45) is 0.336. The second-order valence-electron chi connectivity index (χ2n) is 5.38. The Morgan fingerprint density at radius 2 is 1.81 bits per heavy atom. The minimum Gasteiger partial charge on any atom is -0.395 e. The number of halogens is 2. The number of hydrogen-bond donors (Lipinski definition) is 2. The number of aliphatic hydroxyl groups is 2. The van der Waals surface area contributed by atoms with E-state index in [1.165, 1.54) is 12.1 Å². The average molecular weight is 309 g/mol. The highest BCUT2D eigenvalue weighted by molar-refractivity contribution is 6.31. The van der Waals surface area contributed by atoms with Gasteiger partial charge in [-0.15, -0.1) is 0 Å². The minimum atomic E-state index is -0.840. The number of rotatable bonds is 5. The van der Waals surface area contributed by atoms with Gasteiger partial charge in [0, 0.05) is 10.4 Å². The molecule has 0 unspecified atom stereocenters. The number of aryl methyl sites for hydroxylation is 1. The van der Waals surface area contributed by atoms with Gasteiger partial charge in [0.2, 0.25) is 0 Å². The van der Waals surface area contributed by atoms with Gasteiger partial charge < -0.3 is 10.2 Å². The molecule has 0 saturated carbocycles. The van der Waals surface area contributed by atoms with E-state index in [1.807, 2.05) is 31.2 Å². The molecule has 2 rings (SSSR count). The smallest absolute Gasteiger partial charge is 0.124 e. The Balaban J connectivity index is 2.43. The van der Waals surface area contributed by atoms with Crippen LogP contribution in [0, 0.1) is 12.7 Å². The molecule has 4 heteroatoms. The molecule has 0 atom stereocenters. The Hall–Kier alpha value is -1.42. The van der Waals surface area contributed by atoms with Gasteiger partial charge in [-0.1, -0.05) is 47.5 Å². The zero-order chi connectivity index (χ0) is 15.5. The van der Waals surface area contributed by atoms with E-state index in [0.717, 1.165) is 11.1 Å². The third-order valence-corrected chi connectivity index (χ3v) is 4.13. The van der Waals surface area contributed by atoms with Crippen LogP contribution in [-0.4, -0.2) is 23.4 Å². The maximum absolute atomic E-state index is 13.1. The lowest BCUT2D eigenvalue weighted by molar-refractivity contribution is 0.116. The monoisotopic (exact) mass is 308 g/mol. The molecule has 0 amide bonds. The van der Waals surface area contributed by atoms with Gasteiger partial charge in [0.15, 0.2) is 0 Å². The van der Waals surface area contributed by atoms with Crippen molar-refractivity contribution in [1.82, 2.24) is 0 Å². The molecule has 2 nitrogen and oxygen atoms in total. The van der Waals surface area contributed by atoms with Crippen molar-refractivity contribution in [3.63, 3.8) is 0 Å². The minimum absolute atomic E-state index is 0.222. The fourth-order valence-corrected chi connectivity index (χ4v) is 2.69. The van der Waals surface area contributed by atoms with Gasteiger partial charge in [-0.2, -0.15) is 0 Å². The summed E-state index contributed by atoms with van der Waals surface area (Å²) in [5.74, 6) is -0.405. The van der Waals surface area contributed by atoms with E-state index in [0.29, 0.717) is 17.0 Å². The molecule has 21 heavy (non-hydrogen) atoms. The van der Waals surface area contributed by atoms with Crippen molar-refractivity contribution in [2.75, 3.05) is 13.2 Å². The normalized spacial score (nSPS) is 11.7. The van der Waals surface area contributed by atoms with Crippen LogP contribution in [-0.2, 0) is 11.8 Å². The molecule has 0 aromatic heterocycles. The average Bonchev–Trinajstić information content (AvgIpc) is 2.47. The Kier molecular flexibility index (Phi) is 4.99. The van der Waals surface area contributed by atoms with Crippen molar-refractivity contribution in [1.29, 1.82) is 0 Å². The largest absolute Gasteiger partial charge is 0.395 e. The van der Waals surface area contributed by atoms with Crippen molar-refractivity contribution in [2.24, 2.45) is 0 Å². The van der Waals surface area contributed by atoms with Gasteiger partial charge in [-0.3, -0.25) is 0 Å². The molecule has 2 aromatic carbocycles. The molecule has 0 bridgehead atoms. The van der Waals surface area contributed by atoms with Crippen LogP contribution in [0.25, 0.3) is 0 Å². The first-order chi connectivity index (χ1) is 10.0. The molecule has 0 radical (unpaired) electrons. The summed E-state index contributed by atoms with van der Waals surface area (Å²) in [5.41, 5.74) is 1.74.